The van der Waals surface area contributed by atoms with Crippen molar-refractivity contribution in [3.05, 3.63) is 22.2 Å². The summed E-state index contributed by atoms with van der Waals surface area (Å²) in [5.41, 5.74) is 12.2. The molecule has 6 N–H and O–H groups in total. The Morgan fingerprint density at radius 3 is 2.28 bits per heavy atom. The van der Waals surface area contributed by atoms with Gasteiger partial charge in [-0.05, 0) is 48.6 Å². The van der Waals surface area contributed by atoms with Crippen molar-refractivity contribution >= 4 is 28.3 Å². The van der Waals surface area contributed by atoms with Crippen LogP contribution in [0.5, 0.6) is 0 Å². The fraction of sp³-hybridized carbons (Fsp3) is 0.682. The molecule has 14 heteroatoms. The first kappa shape index (κ1) is 29.3. The lowest BCUT2D eigenvalue weighted by Gasteiger charge is -2.12. The molecular weight excluding hydrogens is 474 g/mol. The summed E-state index contributed by atoms with van der Waals surface area (Å²) in [6.07, 6.45) is 3.80. The minimum Gasteiger partial charge on any atom is -0.383 e. The predicted molar refractivity (Wildman–Crippen MR) is 133 cm³/mol. The zero-order valence-electron chi connectivity index (χ0n) is 20.5. The van der Waals surface area contributed by atoms with Crippen molar-refractivity contribution in [2.24, 2.45) is 11.5 Å². The zero-order chi connectivity index (χ0) is 26.0. The van der Waals surface area contributed by atoms with Crippen LogP contribution < -0.4 is 22.1 Å². The Morgan fingerprint density at radius 2 is 1.61 bits per heavy atom. The van der Waals surface area contributed by atoms with E-state index in [2.05, 4.69) is 25.6 Å². The molecule has 0 aliphatic heterocycles. The van der Waals surface area contributed by atoms with Crippen LogP contribution in [0, 0.1) is 10.1 Å². The third kappa shape index (κ3) is 10.8. The third-order valence-corrected chi connectivity index (χ3v) is 5.19. The van der Waals surface area contributed by atoms with Gasteiger partial charge in [-0.3, -0.25) is 14.9 Å². The van der Waals surface area contributed by atoms with Crippen molar-refractivity contribution in [2.75, 3.05) is 64.6 Å². The molecule has 36 heavy (non-hydrogen) atoms. The fourth-order valence-corrected chi connectivity index (χ4v) is 3.24. The number of unbranched alkanes of at least 4 members (excludes halogenated alkanes) is 1. The number of nitrogens with two attached hydrogens (primary N) is 2. The Kier molecular flexibility index (Phi) is 14.3. The summed E-state index contributed by atoms with van der Waals surface area (Å²) in [6, 6.07) is 2.47. The first-order chi connectivity index (χ1) is 17.5. The van der Waals surface area contributed by atoms with Crippen molar-refractivity contribution in [1.29, 1.82) is 0 Å². The summed E-state index contributed by atoms with van der Waals surface area (Å²) in [5, 5.41) is 24.3. The number of nitrogens with one attached hydrogen (secondary N) is 2. The van der Waals surface area contributed by atoms with E-state index in [9.17, 15) is 14.9 Å². The number of nitro groups is 1. The molecule has 0 saturated carbocycles. The van der Waals surface area contributed by atoms with E-state index in [1.165, 1.54) is 6.07 Å². The molecular formula is C22H37N7O7. The van der Waals surface area contributed by atoms with E-state index in [1.807, 2.05) is 0 Å². The molecule has 1 aromatic heterocycles. The molecule has 1 heterocycles. The van der Waals surface area contributed by atoms with Crippen LogP contribution in [0.15, 0.2) is 16.8 Å². The highest BCUT2D eigenvalue weighted by molar-refractivity contribution is 5.93. The molecule has 1 amide bonds. The van der Waals surface area contributed by atoms with Crippen molar-refractivity contribution in [1.82, 2.24) is 15.6 Å². The minimum atomic E-state index is -0.523. The lowest BCUT2D eigenvalue weighted by molar-refractivity contribution is -0.383. The Balaban J connectivity index is 1.38. The molecule has 0 saturated heterocycles. The number of nitro benzene ring substituents is 1. The van der Waals surface area contributed by atoms with E-state index in [4.69, 9.17) is 25.7 Å². The van der Waals surface area contributed by atoms with Gasteiger partial charge in [-0.2, -0.15) is 0 Å². The Morgan fingerprint density at radius 1 is 0.972 bits per heavy atom. The van der Waals surface area contributed by atoms with Gasteiger partial charge in [0.1, 0.15) is 0 Å². The van der Waals surface area contributed by atoms with E-state index in [0.717, 1.165) is 19.3 Å². The number of amides is 1. The van der Waals surface area contributed by atoms with Crippen LogP contribution in [0.1, 0.15) is 32.1 Å². The maximum Gasteiger partial charge on any atom is 0.300 e. The second-order valence-electron chi connectivity index (χ2n) is 8.00. The van der Waals surface area contributed by atoms with Gasteiger partial charge >= 0.3 is 5.69 Å². The van der Waals surface area contributed by atoms with Crippen molar-refractivity contribution < 1.29 is 28.6 Å². The molecule has 1 aromatic carbocycles. The molecule has 0 bridgehead atoms. The van der Waals surface area contributed by atoms with Gasteiger partial charge in [-0.15, -0.1) is 0 Å². The molecule has 2 rings (SSSR count). The smallest absolute Gasteiger partial charge is 0.300 e. The third-order valence-electron chi connectivity index (χ3n) is 5.19. The van der Waals surface area contributed by atoms with Crippen LogP contribution in [0.2, 0.25) is 0 Å². The number of nitrogens with zero attached hydrogens (tertiary/aromatic N) is 3. The molecule has 0 spiro atoms. The molecule has 14 nitrogen and oxygen atoms in total. The summed E-state index contributed by atoms with van der Waals surface area (Å²) in [6.45, 7) is 4.65. The lowest BCUT2D eigenvalue weighted by Crippen LogP contribution is -2.41. The summed E-state index contributed by atoms with van der Waals surface area (Å²) in [4.78, 5) is 22.3. The van der Waals surface area contributed by atoms with Gasteiger partial charge in [-0.25, -0.2) is 4.63 Å². The van der Waals surface area contributed by atoms with E-state index < -0.39 is 11.0 Å². The Labute approximate surface area is 209 Å². The average molecular weight is 512 g/mol. The average Bonchev–Trinajstić information content (AvgIpc) is 3.36. The summed E-state index contributed by atoms with van der Waals surface area (Å²) >= 11 is 0. The second kappa shape index (κ2) is 17.5. The second-order valence-corrected chi connectivity index (χ2v) is 8.00. The number of benzene rings is 1. The highest BCUT2D eigenvalue weighted by atomic mass is 16.6. The predicted octanol–water partition coefficient (Wildman–Crippen LogP) is 0.945. The standard InChI is InChI=1S/C22H37N7O7/c23-8-2-1-5-17(24)22(30)26-10-4-12-34-14-16-35-15-13-33-11-3-9-25-18-6-7-19(29(31)32)21-20(18)27-36-28-21/h6-7,17,25H,1-5,8-16,23-24H2,(H,26,30)/t17-/m0/s1. The number of aromatic nitrogens is 2. The number of carbonyl (C=O) groups is 1. The van der Waals surface area contributed by atoms with Crippen LogP contribution in [-0.4, -0.2) is 86.5 Å². The van der Waals surface area contributed by atoms with E-state index >= 15 is 0 Å². The molecule has 202 valence electrons. The SMILES string of the molecule is NCCCC[C@H](N)C(=O)NCCCOCCOCCOCCCNc1ccc([N+](=O)[O-])c2nonc12. The molecule has 0 aliphatic rings. The highest BCUT2D eigenvalue weighted by Crippen LogP contribution is 2.28. The van der Waals surface area contributed by atoms with Crippen LogP contribution in [0.3, 0.4) is 0 Å². The van der Waals surface area contributed by atoms with E-state index in [1.54, 1.807) is 6.07 Å². The van der Waals surface area contributed by atoms with Crippen molar-refractivity contribution in [2.45, 2.75) is 38.1 Å². The van der Waals surface area contributed by atoms with E-state index in [0.29, 0.717) is 83.3 Å². The number of rotatable bonds is 21. The monoisotopic (exact) mass is 511 g/mol. The Bertz CT molecular complexity index is 912. The van der Waals surface area contributed by atoms with Crippen LogP contribution in [0.4, 0.5) is 11.4 Å². The number of hydrogen-bond donors (Lipinski definition) is 4. The van der Waals surface area contributed by atoms with Gasteiger partial charge in [0.05, 0.1) is 43.1 Å². The van der Waals surface area contributed by atoms with Gasteiger partial charge in [0.25, 0.3) is 0 Å². The van der Waals surface area contributed by atoms with Gasteiger partial charge in [0.2, 0.25) is 11.4 Å². The summed E-state index contributed by atoms with van der Waals surface area (Å²) in [5.74, 6) is -0.137. The fourth-order valence-electron chi connectivity index (χ4n) is 3.24. The van der Waals surface area contributed by atoms with Crippen LogP contribution in [0.25, 0.3) is 11.0 Å². The Hall–Kier alpha value is -2.91. The molecule has 0 radical (unpaired) electrons. The molecule has 2 aromatic rings. The van der Waals surface area contributed by atoms with Crippen molar-refractivity contribution in [3.63, 3.8) is 0 Å². The quantitative estimate of drug-likeness (QED) is 0.105. The zero-order valence-corrected chi connectivity index (χ0v) is 20.5. The lowest BCUT2D eigenvalue weighted by atomic mass is 10.1. The normalized spacial score (nSPS) is 12.1. The molecule has 0 unspecified atom stereocenters. The van der Waals surface area contributed by atoms with Gasteiger partial charge < -0.3 is 36.3 Å². The maximum atomic E-state index is 11.8. The first-order valence-corrected chi connectivity index (χ1v) is 12.1. The van der Waals surface area contributed by atoms with E-state index in [-0.39, 0.29) is 17.1 Å². The number of ether oxygens (including phenoxy) is 3. The first-order valence-electron chi connectivity index (χ1n) is 12.1. The van der Waals surface area contributed by atoms with Crippen LogP contribution >= 0.6 is 0 Å². The largest absolute Gasteiger partial charge is 0.383 e. The topological polar surface area (TPSA) is 203 Å². The van der Waals surface area contributed by atoms with Crippen molar-refractivity contribution in [3.8, 4) is 0 Å². The molecule has 1 atom stereocenters. The number of carbonyl (C=O) groups excluding carboxylic acids is 1. The number of non-ortho nitro benzene ring substituents is 1. The van der Waals surface area contributed by atoms with Gasteiger partial charge in [0.15, 0.2) is 5.52 Å². The number of fused-ring (bicyclic) bond motifs is 1. The molecule has 0 aliphatic carbocycles. The summed E-state index contributed by atoms with van der Waals surface area (Å²) < 4.78 is 21.1. The highest BCUT2D eigenvalue weighted by Gasteiger charge is 2.19. The van der Waals surface area contributed by atoms with Gasteiger partial charge in [-0.1, -0.05) is 6.42 Å². The molecule has 0 fully saturated rings. The number of hydrogen-bond acceptors (Lipinski definition) is 12. The van der Waals surface area contributed by atoms with Gasteiger partial charge in [0, 0.05) is 32.4 Å². The maximum absolute atomic E-state index is 11.8. The summed E-state index contributed by atoms with van der Waals surface area (Å²) in [7, 11) is 0. The van der Waals surface area contributed by atoms with Crippen LogP contribution in [-0.2, 0) is 19.0 Å². The minimum absolute atomic E-state index is 0.114. The number of anilines is 1.